The summed E-state index contributed by atoms with van der Waals surface area (Å²) in [5, 5.41) is 0. The van der Waals surface area contributed by atoms with E-state index in [9.17, 15) is 4.79 Å². The fraction of sp³-hybridized carbons (Fsp3) is 0.812. The zero-order chi connectivity index (χ0) is 12.9. The molecule has 1 atom stereocenters. The summed E-state index contributed by atoms with van der Waals surface area (Å²) >= 11 is 0. The maximum atomic E-state index is 11.7. The van der Waals surface area contributed by atoms with Crippen molar-refractivity contribution in [2.45, 2.75) is 78.6 Å². The van der Waals surface area contributed by atoms with E-state index in [0.717, 1.165) is 12.8 Å². The smallest absolute Gasteiger partial charge is 0.158 e. The van der Waals surface area contributed by atoms with Crippen LogP contribution in [-0.2, 0) is 4.79 Å². The fourth-order valence-corrected chi connectivity index (χ4v) is 1.90. The van der Waals surface area contributed by atoms with Crippen LogP contribution in [0.2, 0.25) is 0 Å². The Morgan fingerprint density at radius 3 is 2.29 bits per heavy atom. The molecule has 0 amide bonds. The molecule has 0 saturated carbocycles. The molecule has 100 valence electrons. The molecule has 0 bridgehead atoms. The van der Waals surface area contributed by atoms with E-state index in [2.05, 4.69) is 26.8 Å². The molecule has 0 rings (SSSR count). The monoisotopic (exact) mass is 238 g/mol. The van der Waals surface area contributed by atoms with Gasteiger partial charge in [-0.15, -0.1) is 0 Å². The third kappa shape index (κ3) is 10.3. The molecular formula is C16H30O. The van der Waals surface area contributed by atoms with Crippen LogP contribution in [0, 0.1) is 5.92 Å². The largest absolute Gasteiger partial charge is 0.295 e. The number of carbonyl (C=O) groups is 1. The Labute approximate surface area is 108 Å². The van der Waals surface area contributed by atoms with Gasteiger partial charge in [0.15, 0.2) is 5.78 Å². The van der Waals surface area contributed by atoms with Crippen LogP contribution in [0.3, 0.4) is 0 Å². The topological polar surface area (TPSA) is 17.1 Å². The Morgan fingerprint density at radius 2 is 1.65 bits per heavy atom. The first-order chi connectivity index (χ1) is 8.22. The molecule has 0 heterocycles. The fourth-order valence-electron chi connectivity index (χ4n) is 1.90. The molecule has 0 aromatic carbocycles. The van der Waals surface area contributed by atoms with Crippen LogP contribution >= 0.6 is 0 Å². The van der Waals surface area contributed by atoms with Gasteiger partial charge in [0, 0.05) is 5.92 Å². The lowest BCUT2D eigenvalue weighted by Crippen LogP contribution is -2.07. The maximum absolute atomic E-state index is 11.7. The number of ketones is 1. The van der Waals surface area contributed by atoms with Crippen molar-refractivity contribution < 1.29 is 4.79 Å². The Morgan fingerprint density at radius 1 is 1.00 bits per heavy atom. The summed E-state index contributed by atoms with van der Waals surface area (Å²) in [7, 11) is 0. The van der Waals surface area contributed by atoms with Crippen molar-refractivity contribution in [1.82, 2.24) is 0 Å². The highest BCUT2D eigenvalue weighted by Crippen LogP contribution is 2.11. The normalized spacial score (nSPS) is 13.1. The van der Waals surface area contributed by atoms with Gasteiger partial charge in [0.2, 0.25) is 0 Å². The molecule has 0 aliphatic rings. The van der Waals surface area contributed by atoms with E-state index < -0.39 is 0 Å². The van der Waals surface area contributed by atoms with Gasteiger partial charge in [-0.05, 0) is 25.3 Å². The lowest BCUT2D eigenvalue weighted by Gasteiger charge is -2.06. The summed E-state index contributed by atoms with van der Waals surface area (Å²) in [6.07, 6.45) is 14.8. The number of hydrogen-bond donors (Lipinski definition) is 0. The van der Waals surface area contributed by atoms with Gasteiger partial charge < -0.3 is 0 Å². The van der Waals surface area contributed by atoms with Crippen LogP contribution in [0.25, 0.3) is 0 Å². The predicted molar refractivity (Wildman–Crippen MR) is 76.2 cm³/mol. The van der Waals surface area contributed by atoms with Crippen molar-refractivity contribution in [2.75, 3.05) is 0 Å². The van der Waals surface area contributed by atoms with E-state index in [0.29, 0.717) is 5.78 Å². The second-order valence-electron chi connectivity index (χ2n) is 5.05. The van der Waals surface area contributed by atoms with Gasteiger partial charge in [-0.1, -0.05) is 65.4 Å². The van der Waals surface area contributed by atoms with Crippen molar-refractivity contribution in [2.24, 2.45) is 5.92 Å². The van der Waals surface area contributed by atoms with E-state index in [4.69, 9.17) is 0 Å². The van der Waals surface area contributed by atoms with Crippen molar-refractivity contribution in [3.05, 3.63) is 12.2 Å². The third-order valence-corrected chi connectivity index (χ3v) is 3.23. The first-order valence-corrected chi connectivity index (χ1v) is 7.42. The zero-order valence-corrected chi connectivity index (χ0v) is 12.0. The van der Waals surface area contributed by atoms with Gasteiger partial charge in [0.25, 0.3) is 0 Å². The van der Waals surface area contributed by atoms with Gasteiger partial charge in [-0.25, -0.2) is 0 Å². The quantitative estimate of drug-likeness (QED) is 0.353. The molecule has 0 aromatic heterocycles. The molecule has 0 aromatic rings. The average Bonchev–Trinajstić information content (AvgIpc) is 2.33. The summed E-state index contributed by atoms with van der Waals surface area (Å²) in [6.45, 7) is 6.47. The summed E-state index contributed by atoms with van der Waals surface area (Å²) in [4.78, 5) is 11.7. The molecular weight excluding hydrogens is 208 g/mol. The van der Waals surface area contributed by atoms with Gasteiger partial charge in [-0.2, -0.15) is 0 Å². The van der Waals surface area contributed by atoms with E-state index in [1.165, 1.54) is 44.9 Å². The summed E-state index contributed by atoms with van der Waals surface area (Å²) in [6, 6.07) is 0. The number of allylic oxidation sites excluding steroid dienone is 2. The van der Waals surface area contributed by atoms with Gasteiger partial charge in [0.1, 0.15) is 0 Å². The molecule has 0 N–H and O–H groups in total. The van der Waals surface area contributed by atoms with Crippen LogP contribution in [0.15, 0.2) is 12.2 Å². The molecule has 1 heteroatoms. The molecule has 0 aliphatic carbocycles. The van der Waals surface area contributed by atoms with Gasteiger partial charge >= 0.3 is 0 Å². The van der Waals surface area contributed by atoms with Crippen LogP contribution < -0.4 is 0 Å². The molecule has 0 radical (unpaired) electrons. The zero-order valence-electron chi connectivity index (χ0n) is 12.0. The minimum Gasteiger partial charge on any atom is -0.295 e. The van der Waals surface area contributed by atoms with Crippen LogP contribution in [0.4, 0.5) is 0 Å². The Balaban J connectivity index is 3.57. The van der Waals surface area contributed by atoms with Crippen molar-refractivity contribution in [3.63, 3.8) is 0 Å². The highest BCUT2D eigenvalue weighted by atomic mass is 16.1. The maximum Gasteiger partial charge on any atom is 0.158 e. The highest BCUT2D eigenvalue weighted by molar-refractivity contribution is 5.91. The SMILES string of the molecule is CCCCCCC=CC(=O)C(C)CCCCC. The first kappa shape index (κ1) is 16.4. The minimum absolute atomic E-state index is 0.216. The van der Waals surface area contributed by atoms with Crippen molar-refractivity contribution in [1.29, 1.82) is 0 Å². The van der Waals surface area contributed by atoms with Gasteiger partial charge in [-0.3, -0.25) is 4.79 Å². The Hall–Kier alpha value is -0.590. The van der Waals surface area contributed by atoms with E-state index in [1.807, 2.05) is 6.08 Å². The van der Waals surface area contributed by atoms with Crippen LogP contribution in [0.1, 0.15) is 78.6 Å². The molecule has 1 nitrogen and oxygen atoms in total. The molecule has 0 spiro atoms. The second-order valence-corrected chi connectivity index (χ2v) is 5.05. The molecule has 0 saturated heterocycles. The van der Waals surface area contributed by atoms with Crippen molar-refractivity contribution in [3.8, 4) is 0 Å². The lowest BCUT2D eigenvalue weighted by molar-refractivity contribution is -0.117. The van der Waals surface area contributed by atoms with Crippen LogP contribution in [-0.4, -0.2) is 5.78 Å². The van der Waals surface area contributed by atoms with E-state index in [1.54, 1.807) is 0 Å². The first-order valence-electron chi connectivity index (χ1n) is 7.42. The van der Waals surface area contributed by atoms with Crippen LogP contribution in [0.5, 0.6) is 0 Å². The summed E-state index contributed by atoms with van der Waals surface area (Å²) in [5.74, 6) is 0.532. The van der Waals surface area contributed by atoms with Gasteiger partial charge in [0.05, 0.1) is 0 Å². The highest BCUT2D eigenvalue weighted by Gasteiger charge is 2.08. The van der Waals surface area contributed by atoms with E-state index in [-0.39, 0.29) is 5.92 Å². The number of unbranched alkanes of at least 4 members (excludes halogenated alkanes) is 6. The average molecular weight is 238 g/mol. The predicted octanol–water partition coefficient (Wildman–Crippen LogP) is 5.30. The summed E-state index contributed by atoms with van der Waals surface area (Å²) < 4.78 is 0. The molecule has 1 unspecified atom stereocenters. The number of rotatable bonds is 11. The minimum atomic E-state index is 0.216. The van der Waals surface area contributed by atoms with E-state index >= 15 is 0 Å². The Kier molecular flexibility index (Phi) is 11.5. The number of hydrogen-bond acceptors (Lipinski definition) is 1. The van der Waals surface area contributed by atoms with Crippen molar-refractivity contribution >= 4 is 5.78 Å². The second kappa shape index (κ2) is 11.9. The number of carbonyl (C=O) groups excluding carboxylic acids is 1. The Bertz CT molecular complexity index is 206. The molecule has 17 heavy (non-hydrogen) atoms. The molecule has 0 fully saturated rings. The standard InChI is InChI=1S/C16H30O/c1-4-6-8-9-10-12-14-16(17)15(3)13-11-7-5-2/h12,14-15H,4-11,13H2,1-3H3. The molecule has 0 aliphatic heterocycles. The third-order valence-electron chi connectivity index (χ3n) is 3.23. The summed E-state index contributed by atoms with van der Waals surface area (Å²) in [5.41, 5.74) is 0. The lowest BCUT2D eigenvalue weighted by atomic mass is 9.98.